The molecular formula is C17H23BO4. The summed E-state index contributed by atoms with van der Waals surface area (Å²) in [5.74, 6) is -0.313. The predicted molar refractivity (Wildman–Crippen MR) is 84.8 cm³/mol. The van der Waals surface area contributed by atoms with Crippen molar-refractivity contribution in [2.45, 2.75) is 57.1 Å². The van der Waals surface area contributed by atoms with E-state index < -0.39 is 0 Å². The van der Waals surface area contributed by atoms with Gasteiger partial charge in [-0.2, -0.15) is 0 Å². The van der Waals surface area contributed by atoms with E-state index in [1.165, 1.54) is 12.7 Å². The minimum atomic E-state index is -0.320. The molecule has 0 aromatic heterocycles. The van der Waals surface area contributed by atoms with E-state index in [0.717, 1.165) is 12.8 Å². The Morgan fingerprint density at radius 3 is 1.95 bits per heavy atom. The van der Waals surface area contributed by atoms with Crippen molar-refractivity contribution in [3.05, 3.63) is 35.4 Å². The third kappa shape index (κ3) is 2.27. The van der Waals surface area contributed by atoms with E-state index in [-0.39, 0.29) is 29.6 Å². The van der Waals surface area contributed by atoms with Gasteiger partial charge < -0.3 is 14.0 Å². The Bertz CT molecular complexity index is 571. The van der Waals surface area contributed by atoms with Crippen LogP contribution in [-0.4, -0.2) is 31.4 Å². The molecule has 4 nitrogen and oxygen atoms in total. The Kier molecular flexibility index (Phi) is 3.42. The first-order chi connectivity index (χ1) is 10.2. The monoisotopic (exact) mass is 302 g/mol. The lowest BCUT2D eigenvalue weighted by atomic mass is 9.64. The molecule has 0 unspecified atom stereocenters. The van der Waals surface area contributed by atoms with Crippen molar-refractivity contribution in [2.24, 2.45) is 0 Å². The number of esters is 1. The molecule has 0 amide bonds. The average molecular weight is 302 g/mol. The lowest BCUT2D eigenvalue weighted by molar-refractivity contribution is 0.00578. The zero-order valence-electron chi connectivity index (χ0n) is 13.9. The number of methoxy groups -OCH3 is 1. The summed E-state index contributed by atoms with van der Waals surface area (Å²) >= 11 is 0. The fraction of sp³-hybridized carbons (Fsp3) is 0.588. The lowest BCUT2D eigenvalue weighted by Gasteiger charge is -2.32. The highest BCUT2D eigenvalue weighted by atomic mass is 16.7. The second-order valence-electron chi connectivity index (χ2n) is 7.31. The van der Waals surface area contributed by atoms with Crippen LogP contribution in [0, 0.1) is 0 Å². The van der Waals surface area contributed by atoms with E-state index in [1.807, 2.05) is 24.3 Å². The number of benzene rings is 1. The zero-order chi connectivity index (χ0) is 16.2. The molecule has 1 aliphatic heterocycles. The molecule has 0 radical (unpaired) electrons. The Morgan fingerprint density at radius 2 is 1.55 bits per heavy atom. The maximum absolute atomic E-state index is 11.5. The fourth-order valence-corrected chi connectivity index (χ4v) is 2.92. The van der Waals surface area contributed by atoms with Crippen LogP contribution in [0.3, 0.4) is 0 Å². The fourth-order valence-electron chi connectivity index (χ4n) is 2.92. The molecule has 2 aliphatic rings. The van der Waals surface area contributed by atoms with Crippen molar-refractivity contribution < 1.29 is 18.8 Å². The smallest absolute Gasteiger partial charge is 0.465 e. The third-order valence-electron chi connectivity index (χ3n) is 5.37. The summed E-state index contributed by atoms with van der Waals surface area (Å²) in [7, 11) is 1.16. The molecule has 1 aromatic carbocycles. The molecule has 22 heavy (non-hydrogen) atoms. The first-order valence-corrected chi connectivity index (χ1v) is 7.76. The van der Waals surface area contributed by atoms with Crippen molar-refractivity contribution in [1.82, 2.24) is 0 Å². The number of hydrogen-bond acceptors (Lipinski definition) is 4. The van der Waals surface area contributed by atoms with Crippen LogP contribution in [0.5, 0.6) is 0 Å². The highest BCUT2D eigenvalue weighted by Gasteiger charge is 2.64. The minimum absolute atomic E-state index is 0.0836. The summed E-state index contributed by atoms with van der Waals surface area (Å²) in [4.78, 5) is 11.5. The number of hydrogen-bond donors (Lipinski definition) is 0. The maximum atomic E-state index is 11.5. The molecule has 1 saturated heterocycles. The van der Waals surface area contributed by atoms with Crippen molar-refractivity contribution in [2.75, 3.05) is 7.11 Å². The van der Waals surface area contributed by atoms with Crippen LogP contribution in [0.25, 0.3) is 0 Å². The van der Waals surface area contributed by atoms with Crippen molar-refractivity contribution in [3.63, 3.8) is 0 Å². The van der Waals surface area contributed by atoms with E-state index in [9.17, 15) is 4.79 Å². The molecule has 0 bridgehead atoms. The molecule has 1 aromatic rings. The second kappa shape index (κ2) is 4.83. The van der Waals surface area contributed by atoms with Gasteiger partial charge in [0.1, 0.15) is 0 Å². The van der Waals surface area contributed by atoms with Crippen LogP contribution >= 0.6 is 0 Å². The Hall–Kier alpha value is -1.33. The summed E-state index contributed by atoms with van der Waals surface area (Å²) < 4.78 is 17.2. The highest BCUT2D eigenvalue weighted by Crippen LogP contribution is 2.55. The molecule has 0 N–H and O–H groups in total. The Morgan fingerprint density at radius 1 is 1.05 bits per heavy atom. The van der Waals surface area contributed by atoms with Crippen LogP contribution in [0.4, 0.5) is 0 Å². The van der Waals surface area contributed by atoms with Crippen molar-refractivity contribution >= 4 is 13.1 Å². The number of carbonyl (C=O) groups excluding carboxylic acids is 1. The van der Waals surface area contributed by atoms with Gasteiger partial charge in [0.15, 0.2) is 0 Å². The normalized spacial score (nSPS) is 24.1. The zero-order valence-corrected chi connectivity index (χ0v) is 13.9. The first kappa shape index (κ1) is 15.6. The third-order valence-corrected chi connectivity index (χ3v) is 5.37. The topological polar surface area (TPSA) is 44.8 Å². The molecule has 2 fully saturated rings. The van der Waals surface area contributed by atoms with Gasteiger partial charge >= 0.3 is 13.1 Å². The SMILES string of the molecule is COC(=O)c1ccc(C2(B3OC(C)(C)C(C)(C)O3)CC2)cc1. The van der Waals surface area contributed by atoms with Crippen LogP contribution < -0.4 is 0 Å². The molecule has 5 heteroatoms. The standard InChI is InChI=1S/C17H23BO4/c1-15(2)16(3,4)22-18(21-15)17(10-11-17)13-8-6-12(7-9-13)14(19)20-5/h6-9H,10-11H2,1-5H3. The molecule has 1 saturated carbocycles. The van der Waals surface area contributed by atoms with Crippen LogP contribution in [0.15, 0.2) is 24.3 Å². The Labute approximate surface area is 132 Å². The van der Waals surface area contributed by atoms with Crippen LogP contribution in [0.2, 0.25) is 0 Å². The molecule has 1 aliphatic carbocycles. The maximum Gasteiger partial charge on any atom is 0.469 e. The van der Waals surface area contributed by atoms with Gasteiger partial charge in [0.05, 0.1) is 23.9 Å². The minimum Gasteiger partial charge on any atom is -0.465 e. The average Bonchev–Trinajstić information content (AvgIpc) is 3.23. The van der Waals surface area contributed by atoms with E-state index >= 15 is 0 Å². The lowest BCUT2D eigenvalue weighted by Crippen LogP contribution is -2.41. The predicted octanol–water partition coefficient (Wildman–Crippen LogP) is 3.14. The summed E-state index contributed by atoms with van der Waals surface area (Å²) in [5.41, 5.74) is 1.09. The number of rotatable bonds is 3. The summed E-state index contributed by atoms with van der Waals surface area (Å²) in [6.07, 6.45) is 2.09. The van der Waals surface area contributed by atoms with Gasteiger partial charge in [0.25, 0.3) is 0 Å². The van der Waals surface area contributed by atoms with E-state index in [1.54, 1.807) is 0 Å². The summed E-state index contributed by atoms with van der Waals surface area (Å²) in [5, 5.41) is -0.0836. The highest BCUT2D eigenvalue weighted by molar-refractivity contribution is 6.51. The van der Waals surface area contributed by atoms with Crippen molar-refractivity contribution in [1.29, 1.82) is 0 Å². The van der Waals surface area contributed by atoms with Crippen molar-refractivity contribution in [3.8, 4) is 0 Å². The molecule has 118 valence electrons. The summed E-state index contributed by atoms with van der Waals surface area (Å²) in [6, 6.07) is 7.60. The second-order valence-corrected chi connectivity index (χ2v) is 7.31. The van der Waals surface area contributed by atoms with Crippen LogP contribution in [0.1, 0.15) is 56.5 Å². The molecule has 3 rings (SSSR count). The molecular weight excluding hydrogens is 279 g/mol. The van der Waals surface area contributed by atoms with Gasteiger partial charge in [0.2, 0.25) is 0 Å². The largest absolute Gasteiger partial charge is 0.469 e. The Balaban J connectivity index is 1.85. The number of carbonyl (C=O) groups is 1. The molecule has 0 spiro atoms. The quantitative estimate of drug-likeness (QED) is 0.635. The van der Waals surface area contributed by atoms with Gasteiger partial charge in [-0.3, -0.25) is 0 Å². The first-order valence-electron chi connectivity index (χ1n) is 7.76. The van der Waals surface area contributed by atoms with Gasteiger partial charge in [-0.25, -0.2) is 4.79 Å². The van der Waals surface area contributed by atoms with Gasteiger partial charge in [0, 0.05) is 5.31 Å². The van der Waals surface area contributed by atoms with Gasteiger partial charge in [-0.1, -0.05) is 12.1 Å². The van der Waals surface area contributed by atoms with Crippen LogP contribution in [-0.2, 0) is 19.4 Å². The summed E-state index contributed by atoms with van der Waals surface area (Å²) in [6.45, 7) is 8.29. The number of ether oxygens (including phenoxy) is 1. The van der Waals surface area contributed by atoms with E-state index in [2.05, 4.69) is 27.7 Å². The van der Waals surface area contributed by atoms with E-state index in [0.29, 0.717) is 5.56 Å². The van der Waals surface area contributed by atoms with Gasteiger partial charge in [-0.05, 0) is 58.2 Å². The van der Waals surface area contributed by atoms with E-state index in [4.69, 9.17) is 14.0 Å². The molecule has 0 atom stereocenters. The molecule has 1 heterocycles. The van der Waals surface area contributed by atoms with Gasteiger partial charge in [-0.15, -0.1) is 0 Å².